The fraction of sp³-hybridized carbons (Fsp3) is 0.333. The highest BCUT2D eigenvalue weighted by Crippen LogP contribution is 2.17. The van der Waals surface area contributed by atoms with Gasteiger partial charge in [0.15, 0.2) is 0 Å². The number of hydrogen-bond acceptors (Lipinski definition) is 1. The van der Waals surface area contributed by atoms with Gasteiger partial charge in [-0.05, 0) is 36.4 Å². The molecule has 60 valence electrons. The quantitative estimate of drug-likeness (QED) is 0.681. The molecule has 0 spiro atoms. The zero-order valence-electron chi connectivity index (χ0n) is 6.73. The van der Waals surface area contributed by atoms with Crippen LogP contribution in [0.25, 0.3) is 0 Å². The predicted molar refractivity (Wildman–Crippen MR) is 53.4 cm³/mol. The maximum atomic E-state index is 5.88. The predicted octanol–water partition coefficient (Wildman–Crippen LogP) is 3.51. The summed E-state index contributed by atoms with van der Waals surface area (Å²) in [6.45, 7) is 2.07. The van der Waals surface area contributed by atoms with Crippen molar-refractivity contribution in [3.05, 3.63) is 34.3 Å². The van der Waals surface area contributed by atoms with Crippen molar-refractivity contribution in [2.45, 2.75) is 12.7 Å². The molecule has 1 aromatic rings. The van der Waals surface area contributed by atoms with Gasteiger partial charge in [0.05, 0.1) is 0 Å². The summed E-state index contributed by atoms with van der Waals surface area (Å²) in [6.07, 6.45) is 2.09. The van der Waals surface area contributed by atoms with Crippen LogP contribution in [0.5, 0.6) is 0 Å². The van der Waals surface area contributed by atoms with Gasteiger partial charge in [0.25, 0.3) is 0 Å². The molecule has 0 atom stereocenters. The van der Waals surface area contributed by atoms with Gasteiger partial charge in [-0.15, -0.1) is 0 Å². The average molecular weight is 187 g/mol. The van der Waals surface area contributed by atoms with Crippen LogP contribution in [0.1, 0.15) is 11.1 Å². The van der Waals surface area contributed by atoms with Crippen molar-refractivity contribution >= 4 is 23.4 Å². The monoisotopic (exact) mass is 186 g/mol. The van der Waals surface area contributed by atoms with E-state index in [-0.39, 0.29) is 0 Å². The van der Waals surface area contributed by atoms with Gasteiger partial charge >= 0.3 is 0 Å². The number of thioether (sulfide) groups is 1. The average Bonchev–Trinajstić information content (AvgIpc) is 1.85. The van der Waals surface area contributed by atoms with Gasteiger partial charge in [0.2, 0.25) is 0 Å². The summed E-state index contributed by atoms with van der Waals surface area (Å²) >= 11 is 7.69. The first kappa shape index (κ1) is 8.95. The molecule has 0 bridgehead atoms. The largest absolute Gasteiger partial charge is 0.161 e. The van der Waals surface area contributed by atoms with E-state index in [1.807, 2.05) is 23.9 Å². The molecular weight excluding hydrogens is 176 g/mol. The summed E-state index contributed by atoms with van der Waals surface area (Å²) in [5.41, 5.74) is 2.55. The van der Waals surface area contributed by atoms with E-state index in [0.29, 0.717) is 0 Å². The van der Waals surface area contributed by atoms with Crippen LogP contribution in [0.4, 0.5) is 0 Å². The summed E-state index contributed by atoms with van der Waals surface area (Å²) < 4.78 is 0. The Morgan fingerprint density at radius 2 is 2.09 bits per heavy atom. The van der Waals surface area contributed by atoms with E-state index in [1.165, 1.54) is 11.1 Å². The van der Waals surface area contributed by atoms with E-state index in [4.69, 9.17) is 11.6 Å². The summed E-state index contributed by atoms with van der Waals surface area (Å²) in [5.74, 6) is 1.04. The molecule has 0 aromatic heterocycles. The molecule has 0 N–H and O–H groups in total. The molecule has 0 aliphatic heterocycles. The van der Waals surface area contributed by atoms with Gasteiger partial charge in [0, 0.05) is 10.8 Å². The van der Waals surface area contributed by atoms with Gasteiger partial charge in [-0.3, -0.25) is 0 Å². The standard InChI is InChI=1S/C9H11ClS/c1-7-3-8(6-11-2)5-9(10)4-7/h3-5H,6H2,1-2H3. The number of rotatable bonds is 2. The molecule has 0 aliphatic rings. The maximum Gasteiger partial charge on any atom is 0.0411 e. The number of halogens is 1. The Morgan fingerprint density at radius 1 is 1.36 bits per heavy atom. The minimum absolute atomic E-state index is 0.842. The number of aryl methyl sites for hydroxylation is 1. The Labute approximate surface area is 77.0 Å². The van der Waals surface area contributed by atoms with Crippen LogP contribution in [0.3, 0.4) is 0 Å². The SMILES string of the molecule is CSCc1cc(C)cc(Cl)c1. The highest BCUT2D eigenvalue weighted by Gasteiger charge is 1.94. The molecule has 0 heterocycles. The van der Waals surface area contributed by atoms with Crippen molar-refractivity contribution in [3.8, 4) is 0 Å². The van der Waals surface area contributed by atoms with Crippen LogP contribution in [-0.2, 0) is 5.75 Å². The van der Waals surface area contributed by atoms with Crippen molar-refractivity contribution in [1.82, 2.24) is 0 Å². The van der Waals surface area contributed by atoms with Crippen LogP contribution < -0.4 is 0 Å². The highest BCUT2D eigenvalue weighted by atomic mass is 35.5. The van der Waals surface area contributed by atoms with Gasteiger partial charge in [0.1, 0.15) is 0 Å². The Bertz CT molecular complexity index is 225. The van der Waals surface area contributed by atoms with E-state index < -0.39 is 0 Å². The van der Waals surface area contributed by atoms with Crippen molar-refractivity contribution < 1.29 is 0 Å². The summed E-state index contributed by atoms with van der Waals surface area (Å²) in [5, 5.41) is 0.842. The zero-order chi connectivity index (χ0) is 8.27. The lowest BCUT2D eigenvalue weighted by molar-refractivity contribution is 1.36. The molecule has 2 heteroatoms. The lowest BCUT2D eigenvalue weighted by Crippen LogP contribution is -1.81. The van der Waals surface area contributed by atoms with Crippen molar-refractivity contribution in [2.75, 3.05) is 6.26 Å². The first-order valence-corrected chi connectivity index (χ1v) is 5.24. The van der Waals surface area contributed by atoms with E-state index in [9.17, 15) is 0 Å². The van der Waals surface area contributed by atoms with E-state index in [0.717, 1.165) is 10.8 Å². The summed E-state index contributed by atoms with van der Waals surface area (Å²) in [6, 6.07) is 6.17. The molecular formula is C9H11ClS. The van der Waals surface area contributed by atoms with Crippen molar-refractivity contribution in [3.63, 3.8) is 0 Å². The molecule has 0 radical (unpaired) electrons. The molecule has 1 aromatic carbocycles. The third-order valence-corrected chi connectivity index (χ3v) is 2.25. The second-order valence-corrected chi connectivity index (χ2v) is 3.87. The van der Waals surface area contributed by atoms with Crippen LogP contribution in [0.2, 0.25) is 5.02 Å². The topological polar surface area (TPSA) is 0 Å². The highest BCUT2D eigenvalue weighted by molar-refractivity contribution is 7.97. The minimum Gasteiger partial charge on any atom is -0.161 e. The van der Waals surface area contributed by atoms with Gasteiger partial charge in [-0.2, -0.15) is 11.8 Å². The molecule has 0 unspecified atom stereocenters. The second kappa shape index (κ2) is 4.03. The van der Waals surface area contributed by atoms with E-state index >= 15 is 0 Å². The van der Waals surface area contributed by atoms with Crippen LogP contribution >= 0.6 is 23.4 Å². The normalized spacial score (nSPS) is 10.1. The Hall–Kier alpha value is -0.140. The van der Waals surface area contributed by atoms with Crippen LogP contribution in [0, 0.1) is 6.92 Å². The molecule has 0 aliphatic carbocycles. The first-order chi connectivity index (χ1) is 5.22. The smallest absolute Gasteiger partial charge is 0.0411 e. The van der Waals surface area contributed by atoms with Gasteiger partial charge in [-0.1, -0.05) is 17.7 Å². The summed E-state index contributed by atoms with van der Waals surface area (Å²) in [4.78, 5) is 0. The Morgan fingerprint density at radius 3 is 2.64 bits per heavy atom. The Balaban J connectivity index is 2.89. The van der Waals surface area contributed by atoms with Crippen LogP contribution in [-0.4, -0.2) is 6.26 Å². The third-order valence-electron chi connectivity index (χ3n) is 1.41. The first-order valence-electron chi connectivity index (χ1n) is 3.47. The van der Waals surface area contributed by atoms with Crippen molar-refractivity contribution in [2.24, 2.45) is 0 Å². The number of hydrogen-bond donors (Lipinski definition) is 0. The third kappa shape index (κ3) is 2.76. The molecule has 11 heavy (non-hydrogen) atoms. The van der Waals surface area contributed by atoms with Crippen LogP contribution in [0.15, 0.2) is 18.2 Å². The zero-order valence-corrected chi connectivity index (χ0v) is 8.30. The Kier molecular flexibility index (Phi) is 3.28. The molecule has 0 saturated carbocycles. The lowest BCUT2D eigenvalue weighted by Gasteiger charge is -2.00. The van der Waals surface area contributed by atoms with E-state index in [1.54, 1.807) is 0 Å². The minimum atomic E-state index is 0.842. The summed E-state index contributed by atoms with van der Waals surface area (Å²) in [7, 11) is 0. The number of benzene rings is 1. The van der Waals surface area contributed by atoms with E-state index in [2.05, 4.69) is 19.2 Å². The molecule has 0 saturated heterocycles. The fourth-order valence-electron chi connectivity index (χ4n) is 1.06. The van der Waals surface area contributed by atoms with Crippen molar-refractivity contribution in [1.29, 1.82) is 0 Å². The molecule has 0 amide bonds. The maximum absolute atomic E-state index is 5.88. The lowest BCUT2D eigenvalue weighted by atomic mass is 10.2. The van der Waals surface area contributed by atoms with Gasteiger partial charge in [-0.25, -0.2) is 0 Å². The van der Waals surface area contributed by atoms with Gasteiger partial charge < -0.3 is 0 Å². The molecule has 0 fully saturated rings. The fourth-order valence-corrected chi connectivity index (χ4v) is 1.87. The molecule has 1 rings (SSSR count). The second-order valence-electron chi connectivity index (χ2n) is 2.57. The molecule has 0 nitrogen and oxygen atoms in total.